The zero-order chi connectivity index (χ0) is 24.8. The second-order valence-electron chi connectivity index (χ2n) is 7.42. The monoisotopic (exact) mass is 490 g/mol. The van der Waals surface area contributed by atoms with Crippen molar-refractivity contribution >= 4 is 28.9 Å². The summed E-state index contributed by atoms with van der Waals surface area (Å²) in [7, 11) is 1.58. The molecule has 35 heavy (non-hydrogen) atoms. The lowest BCUT2D eigenvalue weighted by molar-refractivity contribution is 0.0956. The van der Waals surface area contributed by atoms with Gasteiger partial charge in [-0.3, -0.25) is 9.59 Å². The molecule has 4 aromatic rings. The average Bonchev–Trinajstić information content (AvgIpc) is 2.88. The molecule has 1 amide bonds. The molecule has 0 saturated carbocycles. The number of methoxy groups -OCH3 is 1. The van der Waals surface area contributed by atoms with Crippen molar-refractivity contribution in [3.8, 4) is 22.9 Å². The molecule has 8 nitrogen and oxygen atoms in total. The molecule has 178 valence electrons. The average molecular weight is 491 g/mol. The Kier molecular flexibility index (Phi) is 7.32. The van der Waals surface area contributed by atoms with Gasteiger partial charge in [-0.1, -0.05) is 11.6 Å². The number of benzene rings is 3. The lowest BCUT2D eigenvalue weighted by atomic mass is 10.2. The highest BCUT2D eigenvalue weighted by molar-refractivity contribution is 6.30. The Bertz CT molecular complexity index is 1370. The van der Waals surface area contributed by atoms with Crippen LogP contribution in [0.3, 0.4) is 0 Å². The number of hydrogen-bond donors (Lipinski definition) is 2. The van der Waals surface area contributed by atoms with Crippen molar-refractivity contribution in [2.45, 2.75) is 6.92 Å². The Balaban J connectivity index is 1.72. The zero-order valence-corrected chi connectivity index (χ0v) is 19.9. The van der Waals surface area contributed by atoms with Gasteiger partial charge < -0.3 is 20.1 Å². The number of halogens is 1. The SMILES string of the molecule is CCNC(=O)c1ccc(Nc2c(Oc3ccc(OC)cc3)cnn(-c3ccc(Cl)cc3)c2=O)cc1. The first-order chi connectivity index (χ1) is 17.0. The first-order valence-electron chi connectivity index (χ1n) is 10.8. The summed E-state index contributed by atoms with van der Waals surface area (Å²) in [5.41, 5.74) is 1.41. The predicted molar refractivity (Wildman–Crippen MR) is 136 cm³/mol. The topological polar surface area (TPSA) is 94.5 Å². The molecule has 1 heterocycles. The minimum Gasteiger partial charge on any atom is -0.497 e. The summed E-state index contributed by atoms with van der Waals surface area (Å²) in [5, 5.41) is 10.7. The molecule has 1 aromatic heterocycles. The van der Waals surface area contributed by atoms with Gasteiger partial charge in [-0.05, 0) is 79.7 Å². The highest BCUT2D eigenvalue weighted by Gasteiger charge is 2.16. The van der Waals surface area contributed by atoms with Gasteiger partial charge in [-0.2, -0.15) is 9.78 Å². The fourth-order valence-corrected chi connectivity index (χ4v) is 3.41. The molecule has 0 spiro atoms. The largest absolute Gasteiger partial charge is 0.497 e. The first-order valence-corrected chi connectivity index (χ1v) is 11.2. The predicted octanol–water partition coefficient (Wildman–Crippen LogP) is 5.18. The highest BCUT2D eigenvalue weighted by Crippen LogP contribution is 2.30. The molecule has 0 saturated heterocycles. The van der Waals surface area contributed by atoms with Crippen LogP contribution in [0.2, 0.25) is 5.02 Å². The Hall–Kier alpha value is -4.30. The van der Waals surface area contributed by atoms with Crippen LogP contribution in [0.5, 0.6) is 17.2 Å². The summed E-state index contributed by atoms with van der Waals surface area (Å²) in [6.45, 7) is 2.39. The second-order valence-corrected chi connectivity index (χ2v) is 7.85. The molecule has 0 aliphatic rings. The maximum absolute atomic E-state index is 13.5. The number of rotatable bonds is 8. The molecular weight excluding hydrogens is 468 g/mol. The van der Waals surface area contributed by atoms with E-state index in [-0.39, 0.29) is 17.3 Å². The third-order valence-corrected chi connectivity index (χ3v) is 5.31. The van der Waals surface area contributed by atoms with Crippen LogP contribution in [0.4, 0.5) is 11.4 Å². The number of aromatic nitrogens is 2. The summed E-state index contributed by atoms with van der Waals surface area (Å²) >= 11 is 5.99. The van der Waals surface area contributed by atoms with E-state index in [0.717, 1.165) is 0 Å². The lowest BCUT2D eigenvalue weighted by Crippen LogP contribution is -2.24. The van der Waals surface area contributed by atoms with Crippen LogP contribution in [0.25, 0.3) is 5.69 Å². The van der Waals surface area contributed by atoms with Gasteiger partial charge >= 0.3 is 0 Å². The van der Waals surface area contributed by atoms with Gasteiger partial charge in [-0.15, -0.1) is 0 Å². The Morgan fingerprint density at radius 1 is 0.971 bits per heavy atom. The third kappa shape index (κ3) is 5.62. The maximum Gasteiger partial charge on any atom is 0.299 e. The van der Waals surface area contributed by atoms with Crippen LogP contribution in [0, 0.1) is 0 Å². The van der Waals surface area contributed by atoms with Gasteiger partial charge in [0.2, 0.25) is 0 Å². The molecule has 0 aliphatic heterocycles. The number of hydrogen-bond acceptors (Lipinski definition) is 6. The van der Waals surface area contributed by atoms with Crippen LogP contribution in [-0.4, -0.2) is 29.3 Å². The van der Waals surface area contributed by atoms with E-state index in [0.29, 0.717) is 40.0 Å². The van der Waals surface area contributed by atoms with Crippen molar-refractivity contribution in [2.75, 3.05) is 19.0 Å². The maximum atomic E-state index is 13.5. The molecule has 0 unspecified atom stereocenters. The van der Waals surface area contributed by atoms with Gasteiger partial charge in [0.05, 0.1) is 19.0 Å². The van der Waals surface area contributed by atoms with Crippen molar-refractivity contribution in [3.63, 3.8) is 0 Å². The van der Waals surface area contributed by atoms with E-state index >= 15 is 0 Å². The van der Waals surface area contributed by atoms with E-state index in [1.54, 1.807) is 79.9 Å². The normalized spacial score (nSPS) is 10.5. The number of amides is 1. The molecule has 0 atom stereocenters. The quantitative estimate of drug-likeness (QED) is 0.353. The molecule has 0 bridgehead atoms. The molecule has 3 aromatic carbocycles. The zero-order valence-electron chi connectivity index (χ0n) is 19.1. The van der Waals surface area contributed by atoms with E-state index in [1.165, 1.54) is 10.9 Å². The summed E-state index contributed by atoms with van der Waals surface area (Å²) in [4.78, 5) is 25.5. The summed E-state index contributed by atoms with van der Waals surface area (Å²) in [6.07, 6.45) is 1.46. The Morgan fingerprint density at radius 2 is 1.63 bits per heavy atom. The Morgan fingerprint density at radius 3 is 2.26 bits per heavy atom. The number of anilines is 2. The van der Waals surface area contributed by atoms with Gasteiger partial charge in [0.15, 0.2) is 11.4 Å². The van der Waals surface area contributed by atoms with Crippen LogP contribution in [-0.2, 0) is 0 Å². The van der Waals surface area contributed by atoms with Gasteiger partial charge in [-0.25, -0.2) is 0 Å². The van der Waals surface area contributed by atoms with Crippen molar-refractivity contribution in [1.29, 1.82) is 0 Å². The highest BCUT2D eigenvalue weighted by atomic mass is 35.5. The Labute approximate surface area is 207 Å². The van der Waals surface area contributed by atoms with Crippen LogP contribution in [0.1, 0.15) is 17.3 Å². The van der Waals surface area contributed by atoms with E-state index in [4.69, 9.17) is 21.1 Å². The van der Waals surface area contributed by atoms with Crippen molar-refractivity contribution in [3.05, 3.63) is 99.9 Å². The van der Waals surface area contributed by atoms with Crippen molar-refractivity contribution < 1.29 is 14.3 Å². The van der Waals surface area contributed by atoms with Crippen molar-refractivity contribution in [2.24, 2.45) is 0 Å². The fraction of sp³-hybridized carbons (Fsp3) is 0.115. The van der Waals surface area contributed by atoms with Crippen LogP contribution in [0.15, 0.2) is 83.8 Å². The minimum atomic E-state index is -0.425. The van der Waals surface area contributed by atoms with E-state index in [1.807, 2.05) is 6.92 Å². The molecule has 4 rings (SSSR count). The minimum absolute atomic E-state index is 0.170. The molecule has 2 N–H and O–H groups in total. The number of nitrogens with zero attached hydrogens (tertiary/aromatic N) is 2. The summed E-state index contributed by atoms with van der Waals surface area (Å²) < 4.78 is 12.4. The lowest BCUT2D eigenvalue weighted by Gasteiger charge is -2.15. The van der Waals surface area contributed by atoms with E-state index in [9.17, 15) is 9.59 Å². The standard InChI is InChI=1S/C26H23ClN4O4/c1-3-28-25(32)17-4-8-19(9-5-17)30-24-23(35-22-14-12-21(34-2)13-15-22)16-29-31(26(24)33)20-10-6-18(27)7-11-20/h4-16,30H,3H2,1-2H3,(H,28,32). The summed E-state index contributed by atoms with van der Waals surface area (Å²) in [5.74, 6) is 1.25. The van der Waals surface area contributed by atoms with E-state index < -0.39 is 5.56 Å². The number of nitrogens with one attached hydrogen (secondary N) is 2. The van der Waals surface area contributed by atoms with Crippen molar-refractivity contribution in [1.82, 2.24) is 15.1 Å². The van der Waals surface area contributed by atoms with E-state index in [2.05, 4.69) is 15.7 Å². The molecule has 0 radical (unpaired) electrons. The number of ether oxygens (including phenoxy) is 2. The molecule has 0 fully saturated rings. The van der Waals surface area contributed by atoms with Crippen LogP contribution >= 0.6 is 11.6 Å². The molecule has 0 aliphatic carbocycles. The first kappa shape index (κ1) is 23.8. The van der Waals surface area contributed by atoms with Gasteiger partial charge in [0.25, 0.3) is 11.5 Å². The second kappa shape index (κ2) is 10.8. The van der Waals surface area contributed by atoms with Gasteiger partial charge in [0, 0.05) is 22.8 Å². The molecular formula is C26H23ClN4O4. The molecule has 9 heteroatoms. The van der Waals surface area contributed by atoms with Gasteiger partial charge in [0.1, 0.15) is 11.5 Å². The fourth-order valence-electron chi connectivity index (χ4n) is 3.28. The third-order valence-electron chi connectivity index (χ3n) is 5.06. The number of carbonyl (C=O) groups is 1. The van der Waals surface area contributed by atoms with Crippen LogP contribution < -0.4 is 25.7 Å². The smallest absolute Gasteiger partial charge is 0.299 e. The summed E-state index contributed by atoms with van der Waals surface area (Å²) in [6, 6.07) is 20.5. The number of carbonyl (C=O) groups excluding carboxylic acids is 1.